The first-order valence-electron chi connectivity index (χ1n) is 7.16. The zero-order chi connectivity index (χ0) is 15.9. The molecule has 1 amide bonds. The Morgan fingerprint density at radius 3 is 2.70 bits per heavy atom. The number of hydrogen-bond acceptors (Lipinski definition) is 6. The average Bonchev–Trinajstić information content (AvgIpc) is 2.99. The van der Waals surface area contributed by atoms with Crippen LogP contribution in [0.25, 0.3) is 0 Å². The van der Waals surface area contributed by atoms with Crippen LogP contribution in [-0.4, -0.2) is 22.1 Å². The molecule has 23 heavy (non-hydrogen) atoms. The van der Waals surface area contributed by atoms with Crippen molar-refractivity contribution in [2.75, 3.05) is 5.32 Å². The maximum atomic E-state index is 12.0. The minimum Gasteiger partial charge on any atom is -0.320 e. The van der Waals surface area contributed by atoms with Gasteiger partial charge in [-0.2, -0.15) is 0 Å². The predicted molar refractivity (Wildman–Crippen MR) is 99.2 cm³/mol. The number of carbonyl (C=O) groups is 1. The molecule has 0 fully saturated rings. The van der Waals surface area contributed by atoms with Gasteiger partial charge in [0.05, 0.1) is 6.04 Å². The van der Waals surface area contributed by atoms with E-state index >= 15 is 0 Å². The van der Waals surface area contributed by atoms with Crippen LogP contribution in [0, 0.1) is 5.92 Å². The molecule has 1 aromatic carbocycles. The number of nitrogens with one attached hydrogen (secondary N) is 1. The molecular weight excluding hydrogens is 352 g/mol. The zero-order valence-electron chi connectivity index (χ0n) is 13.1. The van der Waals surface area contributed by atoms with E-state index in [9.17, 15) is 4.79 Å². The van der Waals surface area contributed by atoms with Gasteiger partial charge in [-0.25, -0.2) is 0 Å². The van der Waals surface area contributed by atoms with Crippen LogP contribution in [0.5, 0.6) is 0 Å². The number of carbonyl (C=O) groups excluding carboxylic acids is 1. The van der Waals surface area contributed by atoms with Gasteiger partial charge in [0.2, 0.25) is 11.0 Å². The van der Waals surface area contributed by atoms with E-state index in [1.54, 1.807) is 11.8 Å². The summed E-state index contributed by atoms with van der Waals surface area (Å²) in [4.78, 5) is 12.0. The normalized spacial score (nSPS) is 13.0. The fraction of sp³-hybridized carbons (Fsp3) is 0.400. The second-order valence-corrected chi connectivity index (χ2v) is 7.25. The molecule has 1 aromatic heterocycles. The molecule has 0 spiro atoms. The molecule has 0 aliphatic heterocycles. The van der Waals surface area contributed by atoms with Crippen molar-refractivity contribution in [3.8, 4) is 0 Å². The molecule has 3 N–H and O–H groups in total. The number of anilines is 1. The van der Waals surface area contributed by atoms with Gasteiger partial charge in [0.25, 0.3) is 0 Å². The topological polar surface area (TPSA) is 80.9 Å². The van der Waals surface area contributed by atoms with Crippen molar-refractivity contribution in [2.45, 2.75) is 36.4 Å². The van der Waals surface area contributed by atoms with Crippen molar-refractivity contribution < 1.29 is 4.79 Å². The smallest absolute Gasteiger partial charge is 0.243 e. The first kappa shape index (κ1) is 19.9. The van der Waals surface area contributed by atoms with E-state index in [1.807, 2.05) is 32.0 Å². The monoisotopic (exact) mass is 372 g/mol. The molecule has 126 valence electrons. The number of nitrogens with two attached hydrogens (primary N) is 1. The summed E-state index contributed by atoms with van der Waals surface area (Å²) in [6, 6.07) is 9.64. The minimum absolute atomic E-state index is 0. The number of hydrogen-bond donors (Lipinski definition) is 2. The summed E-state index contributed by atoms with van der Waals surface area (Å²) >= 11 is 2.97. The maximum absolute atomic E-state index is 12.0. The number of amides is 1. The molecule has 5 nitrogen and oxygen atoms in total. The van der Waals surface area contributed by atoms with Gasteiger partial charge in [0, 0.05) is 5.75 Å². The van der Waals surface area contributed by atoms with E-state index in [4.69, 9.17) is 5.73 Å². The van der Waals surface area contributed by atoms with Crippen molar-refractivity contribution in [1.29, 1.82) is 0 Å². The summed E-state index contributed by atoms with van der Waals surface area (Å²) in [5, 5.41) is 11.3. The quantitative estimate of drug-likeness (QED) is 0.573. The Labute approximate surface area is 150 Å². The van der Waals surface area contributed by atoms with E-state index in [0.717, 1.165) is 16.5 Å². The second-order valence-electron chi connectivity index (χ2n) is 5.05. The van der Waals surface area contributed by atoms with Crippen LogP contribution < -0.4 is 11.1 Å². The number of aromatic nitrogens is 2. The Morgan fingerprint density at radius 1 is 1.35 bits per heavy atom. The van der Waals surface area contributed by atoms with E-state index in [0.29, 0.717) is 5.13 Å². The highest BCUT2D eigenvalue weighted by molar-refractivity contribution is 8.00. The van der Waals surface area contributed by atoms with Crippen molar-refractivity contribution in [1.82, 2.24) is 10.2 Å². The van der Waals surface area contributed by atoms with Crippen molar-refractivity contribution in [2.24, 2.45) is 11.7 Å². The first-order chi connectivity index (χ1) is 10.6. The molecule has 0 radical (unpaired) electrons. The third kappa shape index (κ3) is 6.10. The SMILES string of the molecule is CCC(C)C(N)C(=O)Nc1nnc(SCc2ccccc2)s1.Cl. The Balaban J connectivity index is 0.00000264. The summed E-state index contributed by atoms with van der Waals surface area (Å²) in [6.45, 7) is 3.98. The van der Waals surface area contributed by atoms with E-state index in [1.165, 1.54) is 16.9 Å². The van der Waals surface area contributed by atoms with Crippen LogP contribution in [0.3, 0.4) is 0 Å². The van der Waals surface area contributed by atoms with E-state index in [-0.39, 0.29) is 24.2 Å². The highest BCUT2D eigenvalue weighted by Crippen LogP contribution is 2.28. The van der Waals surface area contributed by atoms with Crippen LogP contribution in [0.1, 0.15) is 25.8 Å². The minimum atomic E-state index is -0.519. The first-order valence-corrected chi connectivity index (χ1v) is 8.97. The Hall–Kier alpha value is -1.15. The van der Waals surface area contributed by atoms with Crippen molar-refractivity contribution >= 4 is 46.5 Å². The third-order valence-electron chi connectivity index (χ3n) is 3.40. The van der Waals surface area contributed by atoms with Gasteiger partial charge in [-0.05, 0) is 11.5 Å². The van der Waals surface area contributed by atoms with Gasteiger partial charge in [0.1, 0.15) is 0 Å². The van der Waals surface area contributed by atoms with Crippen LogP contribution in [-0.2, 0) is 10.5 Å². The highest BCUT2D eigenvalue weighted by atomic mass is 35.5. The lowest BCUT2D eigenvalue weighted by molar-refractivity contribution is -0.118. The maximum Gasteiger partial charge on any atom is 0.243 e. The van der Waals surface area contributed by atoms with Gasteiger partial charge >= 0.3 is 0 Å². The summed E-state index contributed by atoms with van der Waals surface area (Å²) in [6.07, 6.45) is 0.864. The molecule has 0 bridgehead atoms. The lowest BCUT2D eigenvalue weighted by Gasteiger charge is -2.16. The molecule has 2 aromatic rings. The molecule has 0 aliphatic carbocycles. The van der Waals surface area contributed by atoms with Crippen molar-refractivity contribution in [3.63, 3.8) is 0 Å². The Morgan fingerprint density at radius 2 is 2.04 bits per heavy atom. The number of rotatable bonds is 7. The van der Waals surface area contributed by atoms with Crippen LogP contribution in [0.2, 0.25) is 0 Å². The summed E-state index contributed by atoms with van der Waals surface area (Å²) in [5.41, 5.74) is 7.13. The third-order valence-corrected chi connectivity index (χ3v) is 5.44. The molecule has 8 heteroatoms. The van der Waals surface area contributed by atoms with Gasteiger partial charge in [0.15, 0.2) is 4.34 Å². The van der Waals surface area contributed by atoms with Gasteiger partial charge in [-0.1, -0.05) is 73.7 Å². The molecule has 2 atom stereocenters. The largest absolute Gasteiger partial charge is 0.320 e. The number of thioether (sulfide) groups is 1. The standard InChI is InChI=1S/C15H20N4OS2.ClH/c1-3-10(2)12(16)13(20)17-14-18-19-15(22-14)21-9-11-7-5-4-6-8-11;/h4-8,10,12H,3,9,16H2,1-2H3,(H,17,18,20);1H. The van der Waals surface area contributed by atoms with E-state index < -0.39 is 6.04 Å². The molecule has 0 aliphatic rings. The summed E-state index contributed by atoms with van der Waals surface area (Å²) < 4.78 is 0.830. The lowest BCUT2D eigenvalue weighted by Crippen LogP contribution is -2.40. The van der Waals surface area contributed by atoms with E-state index in [2.05, 4.69) is 27.6 Å². The van der Waals surface area contributed by atoms with Crippen molar-refractivity contribution in [3.05, 3.63) is 35.9 Å². The Bertz CT molecular complexity index is 609. The number of benzene rings is 1. The number of nitrogens with zero attached hydrogens (tertiary/aromatic N) is 2. The lowest BCUT2D eigenvalue weighted by atomic mass is 10.00. The highest BCUT2D eigenvalue weighted by Gasteiger charge is 2.20. The van der Waals surface area contributed by atoms with Crippen LogP contribution in [0.4, 0.5) is 5.13 Å². The van der Waals surface area contributed by atoms with Crippen LogP contribution >= 0.6 is 35.5 Å². The summed E-state index contributed by atoms with van der Waals surface area (Å²) in [5.74, 6) is 0.764. The van der Waals surface area contributed by atoms with Gasteiger partial charge in [-0.3, -0.25) is 10.1 Å². The van der Waals surface area contributed by atoms with Crippen LogP contribution in [0.15, 0.2) is 34.7 Å². The predicted octanol–water partition coefficient (Wildman–Crippen LogP) is 3.56. The second kappa shape index (κ2) is 9.87. The molecular formula is C15H21ClN4OS2. The Kier molecular flexibility index (Phi) is 8.54. The summed E-state index contributed by atoms with van der Waals surface area (Å²) in [7, 11) is 0. The zero-order valence-corrected chi connectivity index (χ0v) is 15.5. The molecule has 2 rings (SSSR count). The molecule has 0 saturated carbocycles. The molecule has 0 saturated heterocycles. The fourth-order valence-electron chi connectivity index (χ4n) is 1.74. The van der Waals surface area contributed by atoms with Gasteiger partial charge < -0.3 is 5.73 Å². The number of halogens is 1. The fourth-order valence-corrected chi connectivity index (χ4v) is 3.45. The average molecular weight is 373 g/mol. The molecule has 1 heterocycles. The van der Waals surface area contributed by atoms with Gasteiger partial charge in [-0.15, -0.1) is 22.6 Å². The molecule has 2 unspecified atom stereocenters.